The lowest BCUT2D eigenvalue weighted by Crippen LogP contribution is -2.37. The van der Waals surface area contributed by atoms with Crippen molar-refractivity contribution >= 4 is 38.9 Å². The topological polar surface area (TPSA) is 75.7 Å². The van der Waals surface area contributed by atoms with Gasteiger partial charge in [0.05, 0.1) is 17.5 Å². The van der Waals surface area contributed by atoms with Crippen LogP contribution in [0.2, 0.25) is 4.34 Å². The van der Waals surface area contributed by atoms with Gasteiger partial charge in [0.2, 0.25) is 5.91 Å². The lowest BCUT2D eigenvalue weighted by Gasteiger charge is -2.15. The maximum Gasteiger partial charge on any atom is 0.252 e. The number of carbonyl (C=O) groups is 1. The number of nitrogens with zero attached hydrogens (tertiary/aromatic N) is 1. The van der Waals surface area contributed by atoms with E-state index in [1.165, 1.54) is 19.2 Å². The Balaban J connectivity index is 1.89. The monoisotopic (exact) mass is 402 g/mol. The van der Waals surface area contributed by atoms with Crippen LogP contribution < -0.4 is 5.32 Å². The number of thiophene rings is 1. The number of sulfonamides is 1. The van der Waals surface area contributed by atoms with E-state index in [9.17, 15) is 13.2 Å². The molecule has 0 spiro atoms. The van der Waals surface area contributed by atoms with Gasteiger partial charge in [-0.25, -0.2) is 8.42 Å². The number of hydrogen-bond acceptors (Lipinski definition) is 5. The molecule has 0 unspecified atom stereocenters. The molecule has 1 heterocycles. The van der Waals surface area contributed by atoms with Gasteiger partial charge in [-0.3, -0.25) is 4.79 Å². The largest absolute Gasteiger partial charge is 0.380 e. The first-order valence-electron chi connectivity index (χ1n) is 7.38. The van der Waals surface area contributed by atoms with Gasteiger partial charge in [0.15, 0.2) is 0 Å². The van der Waals surface area contributed by atoms with E-state index in [0.29, 0.717) is 17.5 Å². The molecular formula is C16H19ClN2O4S2. The highest BCUT2D eigenvalue weighted by atomic mass is 35.5. The van der Waals surface area contributed by atoms with E-state index in [1.807, 2.05) is 24.3 Å². The van der Waals surface area contributed by atoms with Crippen LogP contribution in [0, 0.1) is 0 Å². The van der Waals surface area contributed by atoms with Gasteiger partial charge in [-0.15, -0.1) is 11.3 Å². The lowest BCUT2D eigenvalue weighted by molar-refractivity contribution is -0.121. The van der Waals surface area contributed by atoms with Gasteiger partial charge in [0.1, 0.15) is 4.21 Å². The standard InChI is InChI=1S/C16H19ClN2O4S2/c1-19(25(21,22)16-8-7-14(17)24-16)10-15(20)18-9-12-3-5-13(6-4-12)11-23-2/h3-8H,9-11H2,1-2H3,(H,18,20). The van der Waals surface area contributed by atoms with Gasteiger partial charge in [0, 0.05) is 20.7 Å². The number of benzene rings is 1. The first kappa shape index (κ1) is 19.9. The van der Waals surface area contributed by atoms with Crippen molar-refractivity contribution in [2.75, 3.05) is 20.7 Å². The second kappa shape index (κ2) is 8.77. The number of methoxy groups -OCH3 is 1. The van der Waals surface area contributed by atoms with Crippen LogP contribution in [0.5, 0.6) is 0 Å². The molecule has 0 bridgehead atoms. The molecule has 0 aliphatic carbocycles. The minimum absolute atomic E-state index is 0.113. The summed E-state index contributed by atoms with van der Waals surface area (Å²) >= 11 is 6.73. The normalized spacial score (nSPS) is 11.7. The molecule has 136 valence electrons. The summed E-state index contributed by atoms with van der Waals surface area (Å²) in [7, 11) is -0.724. The van der Waals surface area contributed by atoms with E-state index in [2.05, 4.69) is 5.32 Å². The molecule has 0 radical (unpaired) electrons. The molecule has 0 atom stereocenters. The van der Waals surface area contributed by atoms with Crippen molar-refractivity contribution in [1.82, 2.24) is 9.62 Å². The minimum Gasteiger partial charge on any atom is -0.380 e. The first-order valence-corrected chi connectivity index (χ1v) is 10.0. The van der Waals surface area contributed by atoms with E-state index < -0.39 is 10.0 Å². The zero-order valence-electron chi connectivity index (χ0n) is 13.9. The molecule has 0 saturated heterocycles. The Labute approximate surface area is 156 Å². The van der Waals surface area contributed by atoms with Crippen LogP contribution >= 0.6 is 22.9 Å². The average Bonchev–Trinajstić information content (AvgIpc) is 3.02. The Morgan fingerprint density at radius 3 is 2.40 bits per heavy atom. The quantitative estimate of drug-likeness (QED) is 0.736. The number of ether oxygens (including phenoxy) is 1. The fourth-order valence-corrected chi connectivity index (χ4v) is 4.87. The Kier molecular flexibility index (Phi) is 6.97. The smallest absolute Gasteiger partial charge is 0.252 e. The summed E-state index contributed by atoms with van der Waals surface area (Å²) in [5.41, 5.74) is 1.96. The molecule has 6 nitrogen and oxygen atoms in total. The highest BCUT2D eigenvalue weighted by molar-refractivity contribution is 7.91. The summed E-state index contributed by atoms with van der Waals surface area (Å²) in [4.78, 5) is 12.0. The lowest BCUT2D eigenvalue weighted by atomic mass is 10.1. The Bertz CT molecular complexity index is 819. The maximum absolute atomic E-state index is 12.3. The second-order valence-electron chi connectivity index (χ2n) is 5.35. The van der Waals surface area contributed by atoms with Gasteiger partial charge in [-0.2, -0.15) is 4.31 Å². The van der Waals surface area contributed by atoms with Crippen molar-refractivity contribution in [2.24, 2.45) is 0 Å². The highest BCUT2D eigenvalue weighted by Gasteiger charge is 2.24. The predicted octanol–water partition coefficient (Wildman–Crippen LogP) is 2.48. The summed E-state index contributed by atoms with van der Waals surface area (Å²) in [6.45, 7) is 0.590. The summed E-state index contributed by atoms with van der Waals surface area (Å²) in [6, 6.07) is 10.6. The predicted molar refractivity (Wildman–Crippen MR) is 98.1 cm³/mol. The Morgan fingerprint density at radius 1 is 1.20 bits per heavy atom. The first-order chi connectivity index (χ1) is 11.8. The fraction of sp³-hybridized carbons (Fsp3) is 0.312. The average molecular weight is 403 g/mol. The van der Waals surface area contributed by atoms with E-state index in [-0.39, 0.29) is 16.7 Å². The maximum atomic E-state index is 12.3. The highest BCUT2D eigenvalue weighted by Crippen LogP contribution is 2.27. The van der Waals surface area contributed by atoms with E-state index in [4.69, 9.17) is 16.3 Å². The van der Waals surface area contributed by atoms with E-state index in [1.54, 1.807) is 7.11 Å². The molecular weight excluding hydrogens is 384 g/mol. The molecule has 1 aromatic heterocycles. The third kappa shape index (κ3) is 5.52. The van der Waals surface area contributed by atoms with Crippen LogP contribution in [-0.2, 0) is 32.7 Å². The molecule has 2 aromatic rings. The number of hydrogen-bond donors (Lipinski definition) is 1. The molecule has 1 N–H and O–H groups in total. The summed E-state index contributed by atoms with van der Waals surface area (Å²) in [5.74, 6) is -0.380. The van der Waals surface area contributed by atoms with Gasteiger partial charge >= 0.3 is 0 Å². The van der Waals surface area contributed by atoms with Crippen LogP contribution in [-0.4, -0.2) is 39.3 Å². The van der Waals surface area contributed by atoms with E-state index >= 15 is 0 Å². The van der Waals surface area contributed by atoms with Crippen LogP contribution in [0.3, 0.4) is 0 Å². The molecule has 0 aliphatic rings. The van der Waals surface area contributed by atoms with E-state index in [0.717, 1.165) is 26.8 Å². The van der Waals surface area contributed by atoms with Crippen molar-refractivity contribution < 1.29 is 17.9 Å². The van der Waals surface area contributed by atoms with Crippen molar-refractivity contribution in [2.45, 2.75) is 17.4 Å². The van der Waals surface area contributed by atoms with Crippen LogP contribution in [0.1, 0.15) is 11.1 Å². The Hall–Kier alpha value is -1.45. The minimum atomic E-state index is -3.72. The SMILES string of the molecule is COCc1ccc(CNC(=O)CN(C)S(=O)(=O)c2ccc(Cl)s2)cc1. The van der Waals surface area contributed by atoms with Gasteiger partial charge in [-0.05, 0) is 23.3 Å². The van der Waals surface area contributed by atoms with Crippen LogP contribution in [0.25, 0.3) is 0 Å². The number of nitrogens with one attached hydrogen (secondary N) is 1. The molecule has 1 aromatic carbocycles. The number of rotatable bonds is 8. The second-order valence-corrected chi connectivity index (χ2v) is 9.33. The summed E-state index contributed by atoms with van der Waals surface area (Å²) < 4.78 is 31.2. The third-order valence-electron chi connectivity index (χ3n) is 3.40. The van der Waals surface area contributed by atoms with Crippen LogP contribution in [0.4, 0.5) is 0 Å². The molecule has 25 heavy (non-hydrogen) atoms. The van der Waals surface area contributed by atoms with Crippen molar-refractivity contribution in [1.29, 1.82) is 0 Å². The third-order valence-corrected chi connectivity index (χ3v) is 6.90. The molecule has 1 amide bonds. The molecule has 0 fully saturated rings. The molecule has 2 rings (SSSR count). The number of halogens is 1. The fourth-order valence-electron chi connectivity index (χ4n) is 2.05. The number of amides is 1. The number of carbonyl (C=O) groups excluding carboxylic acids is 1. The van der Waals surface area contributed by atoms with Gasteiger partial charge < -0.3 is 10.1 Å². The summed E-state index contributed by atoms with van der Waals surface area (Å²) in [6.07, 6.45) is 0. The van der Waals surface area contributed by atoms with Crippen molar-refractivity contribution in [3.63, 3.8) is 0 Å². The summed E-state index contributed by atoms with van der Waals surface area (Å²) in [5, 5.41) is 2.71. The zero-order chi connectivity index (χ0) is 18.4. The zero-order valence-corrected chi connectivity index (χ0v) is 16.2. The van der Waals surface area contributed by atoms with Gasteiger partial charge in [0.25, 0.3) is 10.0 Å². The van der Waals surface area contributed by atoms with Crippen molar-refractivity contribution in [3.8, 4) is 0 Å². The molecule has 0 aliphatic heterocycles. The molecule has 0 saturated carbocycles. The van der Waals surface area contributed by atoms with Crippen molar-refractivity contribution in [3.05, 3.63) is 51.9 Å². The number of likely N-dealkylation sites (N-methyl/N-ethyl adjacent to an activating group) is 1. The molecule has 9 heteroatoms. The van der Waals surface area contributed by atoms with Gasteiger partial charge in [-0.1, -0.05) is 35.9 Å². The Morgan fingerprint density at radius 2 is 1.84 bits per heavy atom. The van der Waals surface area contributed by atoms with Crippen LogP contribution in [0.15, 0.2) is 40.6 Å².